The van der Waals surface area contributed by atoms with E-state index in [0.717, 1.165) is 0 Å². The van der Waals surface area contributed by atoms with Crippen molar-refractivity contribution < 1.29 is 29.2 Å². The first kappa shape index (κ1) is 21.5. The van der Waals surface area contributed by atoms with Crippen molar-refractivity contribution in [3.05, 3.63) is 39.9 Å². The number of nitrogens with zero attached hydrogens (tertiary/aromatic N) is 1. The number of nitrogens with one attached hydrogen (secondary N) is 2. The first-order valence-electron chi connectivity index (χ1n) is 8.04. The molecule has 10 nitrogen and oxygen atoms in total. The predicted molar refractivity (Wildman–Crippen MR) is 90.5 cm³/mol. The molecule has 0 unspecified atom stereocenters. The van der Waals surface area contributed by atoms with Crippen molar-refractivity contribution in [2.24, 2.45) is 5.92 Å². The number of amides is 2. The zero-order valence-corrected chi connectivity index (χ0v) is 14.6. The summed E-state index contributed by atoms with van der Waals surface area (Å²) in [6, 6.07) is 4.94. The SMILES string of the molecule is CCOCOC[C@H](C[C@H](C)C(=O)NO)NC(=O)c1ccccc1[N+](=O)[O-]. The molecule has 1 aromatic rings. The van der Waals surface area contributed by atoms with E-state index in [4.69, 9.17) is 14.7 Å². The lowest BCUT2D eigenvalue weighted by Gasteiger charge is -2.21. The molecular formula is C16H23N3O7. The molecule has 26 heavy (non-hydrogen) atoms. The molecule has 0 saturated heterocycles. The summed E-state index contributed by atoms with van der Waals surface area (Å²) >= 11 is 0. The van der Waals surface area contributed by atoms with Crippen LogP contribution in [-0.2, 0) is 14.3 Å². The molecule has 0 saturated carbocycles. The Kier molecular flexibility index (Phi) is 9.20. The lowest BCUT2D eigenvalue weighted by Crippen LogP contribution is -2.41. The number of nitro benzene ring substituents is 1. The van der Waals surface area contributed by atoms with Gasteiger partial charge in [0.15, 0.2) is 0 Å². The van der Waals surface area contributed by atoms with Gasteiger partial charge in [0.1, 0.15) is 12.4 Å². The lowest BCUT2D eigenvalue weighted by atomic mass is 10.0. The molecule has 0 aromatic heterocycles. The van der Waals surface area contributed by atoms with Crippen LogP contribution in [0.5, 0.6) is 0 Å². The van der Waals surface area contributed by atoms with Gasteiger partial charge < -0.3 is 14.8 Å². The Labute approximate surface area is 150 Å². The molecule has 2 amide bonds. The number of benzene rings is 1. The van der Waals surface area contributed by atoms with E-state index in [-0.39, 0.29) is 31.1 Å². The molecule has 0 aliphatic carbocycles. The molecule has 0 aliphatic rings. The van der Waals surface area contributed by atoms with Gasteiger partial charge in [-0.3, -0.25) is 24.9 Å². The zero-order chi connectivity index (χ0) is 19.5. The molecule has 2 atom stereocenters. The minimum Gasteiger partial charge on any atom is -0.356 e. The molecule has 0 aliphatic heterocycles. The van der Waals surface area contributed by atoms with Crippen molar-refractivity contribution in [3.63, 3.8) is 0 Å². The summed E-state index contributed by atoms with van der Waals surface area (Å²) in [5, 5.41) is 22.4. The third-order valence-corrected chi connectivity index (χ3v) is 3.57. The fraction of sp³-hybridized carbons (Fsp3) is 0.500. The Morgan fingerprint density at radius 2 is 2.00 bits per heavy atom. The Bertz CT molecular complexity index is 624. The number of hydrogen-bond donors (Lipinski definition) is 3. The van der Waals surface area contributed by atoms with Gasteiger partial charge in [-0.2, -0.15) is 0 Å². The summed E-state index contributed by atoms with van der Waals surface area (Å²) in [7, 11) is 0. The third kappa shape index (κ3) is 6.75. The summed E-state index contributed by atoms with van der Waals surface area (Å²) < 4.78 is 10.4. The van der Waals surface area contributed by atoms with Gasteiger partial charge in [0.05, 0.1) is 17.6 Å². The fourth-order valence-corrected chi connectivity index (χ4v) is 2.23. The number of ether oxygens (including phenoxy) is 2. The van der Waals surface area contributed by atoms with E-state index in [1.54, 1.807) is 19.3 Å². The lowest BCUT2D eigenvalue weighted by molar-refractivity contribution is -0.385. The van der Waals surface area contributed by atoms with E-state index >= 15 is 0 Å². The van der Waals surface area contributed by atoms with Gasteiger partial charge in [-0.05, 0) is 19.4 Å². The highest BCUT2D eigenvalue weighted by Gasteiger charge is 2.24. The van der Waals surface area contributed by atoms with E-state index < -0.39 is 28.7 Å². The van der Waals surface area contributed by atoms with Crippen molar-refractivity contribution in [1.29, 1.82) is 0 Å². The molecule has 3 N–H and O–H groups in total. The van der Waals surface area contributed by atoms with Crippen LogP contribution in [0.3, 0.4) is 0 Å². The number of carbonyl (C=O) groups is 2. The van der Waals surface area contributed by atoms with Crippen LogP contribution in [0, 0.1) is 16.0 Å². The van der Waals surface area contributed by atoms with Crippen LogP contribution >= 0.6 is 0 Å². The summed E-state index contributed by atoms with van der Waals surface area (Å²) in [4.78, 5) is 34.4. The highest BCUT2D eigenvalue weighted by atomic mass is 16.7. The molecule has 0 radical (unpaired) electrons. The van der Waals surface area contributed by atoms with Crippen LogP contribution in [0.1, 0.15) is 30.6 Å². The maximum atomic E-state index is 12.4. The maximum absolute atomic E-state index is 12.4. The molecule has 1 aromatic carbocycles. The smallest absolute Gasteiger partial charge is 0.282 e. The second-order valence-electron chi connectivity index (χ2n) is 5.54. The van der Waals surface area contributed by atoms with E-state index in [9.17, 15) is 19.7 Å². The van der Waals surface area contributed by atoms with Gasteiger partial charge >= 0.3 is 0 Å². The number of nitro groups is 1. The quantitative estimate of drug-likeness (QED) is 0.175. The Morgan fingerprint density at radius 3 is 2.62 bits per heavy atom. The van der Waals surface area contributed by atoms with Crippen molar-refractivity contribution >= 4 is 17.5 Å². The van der Waals surface area contributed by atoms with E-state index in [0.29, 0.717) is 6.61 Å². The molecule has 0 fully saturated rings. The molecule has 0 bridgehead atoms. The van der Waals surface area contributed by atoms with Crippen molar-refractivity contribution in [2.45, 2.75) is 26.3 Å². The fourth-order valence-electron chi connectivity index (χ4n) is 2.23. The largest absolute Gasteiger partial charge is 0.356 e. The summed E-state index contributed by atoms with van der Waals surface area (Å²) in [6.45, 7) is 3.87. The molecule has 0 heterocycles. The van der Waals surface area contributed by atoms with Crippen LogP contribution in [0.4, 0.5) is 5.69 Å². The van der Waals surface area contributed by atoms with E-state index in [2.05, 4.69) is 5.32 Å². The van der Waals surface area contributed by atoms with Crippen LogP contribution in [0.15, 0.2) is 24.3 Å². The zero-order valence-electron chi connectivity index (χ0n) is 14.6. The van der Waals surface area contributed by atoms with Crippen LogP contribution < -0.4 is 10.8 Å². The number of hydrogen-bond acceptors (Lipinski definition) is 7. The second kappa shape index (κ2) is 11.1. The Balaban J connectivity index is 2.84. The van der Waals surface area contributed by atoms with Crippen molar-refractivity contribution in [3.8, 4) is 0 Å². The molecule has 1 rings (SSSR count). The Morgan fingerprint density at radius 1 is 1.31 bits per heavy atom. The summed E-state index contributed by atoms with van der Waals surface area (Å²) in [5.41, 5.74) is 1.14. The minimum absolute atomic E-state index is 0.00886. The van der Waals surface area contributed by atoms with E-state index in [1.807, 2.05) is 0 Å². The van der Waals surface area contributed by atoms with Crippen LogP contribution in [-0.4, -0.2) is 48.0 Å². The summed E-state index contributed by atoms with van der Waals surface area (Å²) in [5.74, 6) is -1.88. The maximum Gasteiger partial charge on any atom is 0.282 e. The standard InChI is InChI=1S/C16H23N3O7/c1-3-25-10-26-9-12(8-11(2)15(20)18-22)17-16(21)13-6-4-5-7-14(13)19(23)24/h4-7,11-12,22H,3,8-10H2,1-2H3,(H,17,21)(H,18,20)/t11-,12-/m0/s1. The second-order valence-corrected chi connectivity index (χ2v) is 5.54. The predicted octanol–water partition coefficient (Wildman–Crippen LogP) is 1.24. The normalized spacial score (nSPS) is 12.9. The molecule has 10 heteroatoms. The van der Waals surface area contributed by atoms with Gasteiger partial charge in [-0.25, -0.2) is 5.48 Å². The highest BCUT2D eigenvalue weighted by molar-refractivity contribution is 5.98. The topological polar surface area (TPSA) is 140 Å². The van der Waals surface area contributed by atoms with Gasteiger partial charge in [0, 0.05) is 18.6 Å². The Hall–Kier alpha value is -2.56. The van der Waals surface area contributed by atoms with Gasteiger partial charge in [-0.15, -0.1) is 0 Å². The van der Waals surface area contributed by atoms with Crippen molar-refractivity contribution in [2.75, 3.05) is 20.0 Å². The highest BCUT2D eigenvalue weighted by Crippen LogP contribution is 2.18. The van der Waals surface area contributed by atoms with Gasteiger partial charge in [0.2, 0.25) is 5.91 Å². The number of carbonyl (C=O) groups excluding carboxylic acids is 2. The van der Waals surface area contributed by atoms with E-state index in [1.165, 1.54) is 24.3 Å². The number of para-hydroxylation sites is 1. The first-order chi connectivity index (χ1) is 12.4. The molecular weight excluding hydrogens is 346 g/mol. The minimum atomic E-state index is -0.654. The average Bonchev–Trinajstić information content (AvgIpc) is 2.64. The van der Waals surface area contributed by atoms with Crippen molar-refractivity contribution in [1.82, 2.24) is 10.8 Å². The molecule has 144 valence electrons. The third-order valence-electron chi connectivity index (χ3n) is 3.57. The first-order valence-corrected chi connectivity index (χ1v) is 8.04. The number of rotatable bonds is 11. The van der Waals surface area contributed by atoms with Crippen LogP contribution in [0.2, 0.25) is 0 Å². The summed E-state index contributed by atoms with van der Waals surface area (Å²) in [6.07, 6.45) is 0.158. The monoisotopic (exact) mass is 369 g/mol. The van der Waals surface area contributed by atoms with Gasteiger partial charge in [-0.1, -0.05) is 19.1 Å². The average molecular weight is 369 g/mol. The van der Waals surface area contributed by atoms with Gasteiger partial charge in [0.25, 0.3) is 11.6 Å². The van der Waals surface area contributed by atoms with Crippen LogP contribution in [0.25, 0.3) is 0 Å². The molecule has 0 spiro atoms. The number of hydroxylamine groups is 1.